The zero-order valence-electron chi connectivity index (χ0n) is 8.22. The zero-order chi connectivity index (χ0) is 9.97. The summed E-state index contributed by atoms with van der Waals surface area (Å²) in [5.74, 6) is 0.698. The predicted octanol–water partition coefficient (Wildman–Crippen LogP) is 3.05. The lowest BCUT2D eigenvalue weighted by Gasteiger charge is -2.07. The summed E-state index contributed by atoms with van der Waals surface area (Å²) in [7, 11) is 0. The first kappa shape index (κ1) is 9.99. The maximum atomic E-state index is 5.18. The van der Waals surface area contributed by atoms with Gasteiger partial charge in [0.1, 0.15) is 0 Å². The minimum Gasteiger partial charge on any atom is -0.457 e. The molecule has 1 aliphatic heterocycles. The third-order valence-corrected chi connectivity index (χ3v) is 3.10. The molecular weight excluding hydrogens is 242 g/mol. The number of hydrogen-bond donors (Lipinski definition) is 1. The Hall–Kier alpha value is -0.540. The van der Waals surface area contributed by atoms with E-state index in [2.05, 4.69) is 34.2 Å². The second-order valence-electron chi connectivity index (χ2n) is 3.76. The van der Waals surface area contributed by atoms with Crippen LogP contribution in [0.2, 0.25) is 0 Å². The van der Waals surface area contributed by atoms with Gasteiger partial charge in [-0.05, 0) is 47.8 Å². The molecule has 0 amide bonds. The summed E-state index contributed by atoms with van der Waals surface area (Å²) in [5, 5.41) is 3.37. The smallest absolute Gasteiger partial charge is 0.169 e. The second-order valence-corrected chi connectivity index (χ2v) is 4.54. The molecule has 76 valence electrons. The third-order valence-electron chi connectivity index (χ3n) is 2.69. The van der Waals surface area contributed by atoms with Crippen LogP contribution in [-0.4, -0.2) is 13.1 Å². The molecule has 0 bridgehead atoms. The molecule has 3 heteroatoms. The molecule has 1 aromatic heterocycles. The van der Waals surface area contributed by atoms with E-state index in [1.165, 1.54) is 12.0 Å². The predicted molar refractivity (Wildman–Crippen MR) is 61.0 cm³/mol. The lowest BCUT2D eigenvalue weighted by Crippen LogP contribution is -2.09. The molecule has 1 fully saturated rings. The van der Waals surface area contributed by atoms with Gasteiger partial charge in [0.2, 0.25) is 0 Å². The van der Waals surface area contributed by atoms with Crippen LogP contribution < -0.4 is 5.32 Å². The Kier molecular flexibility index (Phi) is 3.08. The maximum Gasteiger partial charge on any atom is 0.169 e. The lowest BCUT2D eigenvalue weighted by atomic mass is 9.98. The maximum absolute atomic E-state index is 5.18. The molecule has 1 aliphatic rings. The minimum atomic E-state index is 0.698. The van der Waals surface area contributed by atoms with E-state index < -0.39 is 0 Å². The fourth-order valence-electron chi connectivity index (χ4n) is 1.82. The standard InChI is InChI=1S/C11H14BrNO/c1-8(10-2-3-13-6-10)4-9-5-11(12)14-7-9/h4-5,7,10,13H,2-3,6H2,1H3/b8-4+. The monoisotopic (exact) mass is 255 g/mol. The van der Waals surface area contributed by atoms with Gasteiger partial charge in [0.25, 0.3) is 0 Å². The highest BCUT2D eigenvalue weighted by Crippen LogP contribution is 2.22. The number of hydrogen-bond acceptors (Lipinski definition) is 2. The third kappa shape index (κ3) is 2.28. The van der Waals surface area contributed by atoms with Gasteiger partial charge >= 0.3 is 0 Å². The van der Waals surface area contributed by atoms with E-state index >= 15 is 0 Å². The van der Waals surface area contributed by atoms with Crippen molar-refractivity contribution in [2.75, 3.05) is 13.1 Å². The van der Waals surface area contributed by atoms with Crippen molar-refractivity contribution in [2.45, 2.75) is 13.3 Å². The molecule has 0 aliphatic carbocycles. The van der Waals surface area contributed by atoms with Crippen LogP contribution in [0.1, 0.15) is 18.9 Å². The molecule has 0 radical (unpaired) electrons. The van der Waals surface area contributed by atoms with Crippen molar-refractivity contribution in [1.82, 2.24) is 5.32 Å². The Bertz CT molecular complexity index is 337. The first-order valence-corrected chi connectivity index (χ1v) is 5.68. The van der Waals surface area contributed by atoms with E-state index in [0.717, 1.165) is 23.3 Å². The number of furan rings is 1. The molecule has 1 aromatic rings. The van der Waals surface area contributed by atoms with Gasteiger partial charge in [-0.25, -0.2) is 0 Å². The summed E-state index contributed by atoms with van der Waals surface area (Å²) >= 11 is 3.30. The highest BCUT2D eigenvalue weighted by atomic mass is 79.9. The topological polar surface area (TPSA) is 25.2 Å². The van der Waals surface area contributed by atoms with Gasteiger partial charge in [0.15, 0.2) is 4.67 Å². The SMILES string of the molecule is C/C(=C\c1coc(Br)c1)C1CCNC1. The molecule has 1 N–H and O–H groups in total. The van der Waals surface area contributed by atoms with Crippen LogP contribution in [0.5, 0.6) is 0 Å². The summed E-state index contributed by atoms with van der Waals surface area (Å²) in [6.45, 7) is 4.45. The van der Waals surface area contributed by atoms with E-state index in [0.29, 0.717) is 5.92 Å². The molecule has 0 spiro atoms. The molecule has 0 aromatic carbocycles. The van der Waals surface area contributed by atoms with Gasteiger partial charge in [0.05, 0.1) is 6.26 Å². The molecular formula is C11H14BrNO. The minimum absolute atomic E-state index is 0.698. The van der Waals surface area contributed by atoms with E-state index in [1.54, 1.807) is 6.26 Å². The lowest BCUT2D eigenvalue weighted by molar-refractivity contribution is 0.540. The van der Waals surface area contributed by atoms with Crippen LogP contribution >= 0.6 is 15.9 Å². The van der Waals surface area contributed by atoms with Crippen LogP contribution in [0.15, 0.2) is 27.0 Å². The summed E-state index contributed by atoms with van der Waals surface area (Å²) in [6.07, 6.45) is 5.23. The van der Waals surface area contributed by atoms with Crippen LogP contribution in [-0.2, 0) is 0 Å². The van der Waals surface area contributed by atoms with Crippen molar-refractivity contribution in [3.05, 3.63) is 28.1 Å². The van der Waals surface area contributed by atoms with Gasteiger partial charge in [-0.1, -0.05) is 11.6 Å². The zero-order valence-corrected chi connectivity index (χ0v) is 9.80. The average Bonchev–Trinajstić information content (AvgIpc) is 2.75. The highest BCUT2D eigenvalue weighted by molar-refractivity contribution is 9.10. The molecule has 2 nitrogen and oxygen atoms in total. The molecule has 1 saturated heterocycles. The summed E-state index contributed by atoms with van der Waals surface area (Å²) < 4.78 is 5.98. The Balaban J connectivity index is 2.09. The molecule has 2 heterocycles. The fraction of sp³-hybridized carbons (Fsp3) is 0.455. The molecule has 1 unspecified atom stereocenters. The van der Waals surface area contributed by atoms with Crippen LogP contribution in [0.4, 0.5) is 0 Å². The van der Waals surface area contributed by atoms with Crippen molar-refractivity contribution in [3.8, 4) is 0 Å². The first-order valence-electron chi connectivity index (χ1n) is 4.88. The first-order chi connectivity index (χ1) is 6.75. The summed E-state index contributed by atoms with van der Waals surface area (Å²) in [5.41, 5.74) is 2.57. The van der Waals surface area contributed by atoms with E-state index in [4.69, 9.17) is 4.42 Å². The van der Waals surface area contributed by atoms with Crippen molar-refractivity contribution in [3.63, 3.8) is 0 Å². The normalized spacial score (nSPS) is 23.0. The van der Waals surface area contributed by atoms with Crippen molar-refractivity contribution in [2.24, 2.45) is 5.92 Å². The van der Waals surface area contributed by atoms with E-state index in [1.807, 2.05) is 6.07 Å². The van der Waals surface area contributed by atoms with Crippen molar-refractivity contribution >= 4 is 22.0 Å². The second kappa shape index (κ2) is 4.32. The van der Waals surface area contributed by atoms with Crippen molar-refractivity contribution < 1.29 is 4.42 Å². The Morgan fingerprint density at radius 3 is 3.14 bits per heavy atom. The van der Waals surface area contributed by atoms with Gasteiger partial charge in [-0.2, -0.15) is 0 Å². The van der Waals surface area contributed by atoms with Crippen molar-refractivity contribution in [1.29, 1.82) is 0 Å². The van der Waals surface area contributed by atoms with E-state index in [9.17, 15) is 0 Å². The number of nitrogens with one attached hydrogen (secondary N) is 1. The Morgan fingerprint density at radius 2 is 2.57 bits per heavy atom. The average molecular weight is 256 g/mol. The van der Waals surface area contributed by atoms with Gasteiger partial charge in [-0.15, -0.1) is 0 Å². The molecule has 1 atom stereocenters. The number of halogens is 1. The summed E-state index contributed by atoms with van der Waals surface area (Å²) in [6, 6.07) is 1.99. The Morgan fingerprint density at radius 1 is 1.71 bits per heavy atom. The van der Waals surface area contributed by atoms with Gasteiger partial charge in [-0.3, -0.25) is 0 Å². The molecule has 2 rings (SSSR count). The number of rotatable bonds is 2. The Labute approximate surface area is 92.5 Å². The van der Waals surface area contributed by atoms with E-state index in [-0.39, 0.29) is 0 Å². The summed E-state index contributed by atoms with van der Waals surface area (Å²) in [4.78, 5) is 0. The highest BCUT2D eigenvalue weighted by Gasteiger charge is 2.15. The van der Waals surface area contributed by atoms with Crippen LogP contribution in [0.3, 0.4) is 0 Å². The fourth-order valence-corrected chi connectivity index (χ4v) is 2.18. The molecule has 14 heavy (non-hydrogen) atoms. The largest absolute Gasteiger partial charge is 0.457 e. The van der Waals surface area contributed by atoms with Crippen LogP contribution in [0, 0.1) is 5.92 Å². The van der Waals surface area contributed by atoms with Crippen LogP contribution in [0.25, 0.3) is 6.08 Å². The molecule has 0 saturated carbocycles. The van der Waals surface area contributed by atoms with Gasteiger partial charge < -0.3 is 9.73 Å². The quantitative estimate of drug-likeness (QED) is 0.879. The van der Waals surface area contributed by atoms with Gasteiger partial charge in [0, 0.05) is 12.1 Å².